The SMILES string of the molecule is C=C/C=C(/Cl)c1cc(C(=O)N=C(N)N)n2c1C/C=C\CCC2. The maximum atomic E-state index is 12.2. The molecule has 5 nitrogen and oxygen atoms in total. The largest absolute Gasteiger partial charge is 0.370 e. The number of aliphatic imine (C=N–C) groups is 1. The van der Waals surface area contributed by atoms with Crippen LogP contribution in [0.5, 0.6) is 0 Å². The molecule has 0 fully saturated rings. The highest BCUT2D eigenvalue weighted by Gasteiger charge is 2.21. The van der Waals surface area contributed by atoms with E-state index in [-0.39, 0.29) is 5.96 Å². The molecule has 0 saturated carbocycles. The van der Waals surface area contributed by atoms with Crippen LogP contribution in [0.4, 0.5) is 0 Å². The Labute approximate surface area is 134 Å². The molecule has 6 heteroatoms. The number of nitrogens with zero attached hydrogens (tertiary/aromatic N) is 2. The number of carbonyl (C=O) groups is 1. The Bertz CT molecular complexity index is 679. The zero-order valence-electron chi connectivity index (χ0n) is 12.3. The number of rotatable bonds is 3. The second-order valence-corrected chi connectivity index (χ2v) is 5.36. The lowest BCUT2D eigenvalue weighted by atomic mass is 10.1. The van der Waals surface area contributed by atoms with Gasteiger partial charge in [0.2, 0.25) is 0 Å². The van der Waals surface area contributed by atoms with Crippen LogP contribution in [-0.2, 0) is 13.0 Å². The fraction of sp³-hybridized carbons (Fsp3) is 0.250. The maximum absolute atomic E-state index is 12.2. The van der Waals surface area contributed by atoms with E-state index in [9.17, 15) is 4.79 Å². The van der Waals surface area contributed by atoms with Crippen molar-refractivity contribution in [3.63, 3.8) is 0 Å². The van der Waals surface area contributed by atoms with E-state index in [1.54, 1.807) is 18.2 Å². The lowest BCUT2D eigenvalue weighted by Crippen LogP contribution is -2.25. The summed E-state index contributed by atoms with van der Waals surface area (Å²) in [4.78, 5) is 15.9. The number of carbonyl (C=O) groups excluding carboxylic acids is 1. The van der Waals surface area contributed by atoms with E-state index < -0.39 is 5.91 Å². The summed E-state index contributed by atoms with van der Waals surface area (Å²) >= 11 is 6.32. The van der Waals surface area contributed by atoms with Crippen molar-refractivity contribution in [1.82, 2.24) is 4.57 Å². The first-order valence-corrected chi connectivity index (χ1v) is 7.42. The molecule has 0 atom stereocenters. The van der Waals surface area contributed by atoms with Crippen molar-refractivity contribution < 1.29 is 4.79 Å². The minimum atomic E-state index is -0.458. The fourth-order valence-electron chi connectivity index (χ4n) is 2.50. The van der Waals surface area contributed by atoms with E-state index in [0.717, 1.165) is 30.6 Å². The summed E-state index contributed by atoms with van der Waals surface area (Å²) in [6.07, 6.45) is 10.1. The normalized spacial score (nSPS) is 16.1. The summed E-state index contributed by atoms with van der Waals surface area (Å²) in [6.45, 7) is 4.37. The van der Waals surface area contributed by atoms with Gasteiger partial charge in [0.1, 0.15) is 5.69 Å². The Morgan fingerprint density at radius 2 is 2.18 bits per heavy atom. The number of fused-ring (bicyclic) bond motifs is 1. The lowest BCUT2D eigenvalue weighted by molar-refractivity contribution is 0.0993. The number of amides is 1. The second-order valence-electron chi connectivity index (χ2n) is 4.95. The van der Waals surface area contributed by atoms with E-state index in [0.29, 0.717) is 17.1 Å². The molecule has 0 unspecified atom stereocenters. The van der Waals surface area contributed by atoms with Crippen LogP contribution in [0.15, 0.2) is 41.9 Å². The Hall–Kier alpha value is -2.27. The molecule has 116 valence electrons. The van der Waals surface area contributed by atoms with Crippen molar-refractivity contribution in [2.75, 3.05) is 0 Å². The van der Waals surface area contributed by atoms with Gasteiger partial charge in [-0.2, -0.15) is 4.99 Å². The van der Waals surface area contributed by atoms with Crippen LogP contribution in [0.1, 0.15) is 34.6 Å². The zero-order chi connectivity index (χ0) is 16.1. The average molecular weight is 319 g/mol. The highest BCUT2D eigenvalue weighted by Crippen LogP contribution is 2.29. The van der Waals surface area contributed by atoms with Crippen LogP contribution in [0, 0.1) is 0 Å². The van der Waals surface area contributed by atoms with Gasteiger partial charge in [-0.3, -0.25) is 4.79 Å². The van der Waals surface area contributed by atoms with Crippen LogP contribution in [-0.4, -0.2) is 16.4 Å². The molecule has 2 heterocycles. The van der Waals surface area contributed by atoms with Gasteiger partial charge in [0.05, 0.1) is 0 Å². The number of aromatic nitrogens is 1. The zero-order valence-corrected chi connectivity index (χ0v) is 13.0. The molecule has 1 aromatic heterocycles. The lowest BCUT2D eigenvalue weighted by Gasteiger charge is -2.13. The molecule has 1 aromatic rings. The van der Waals surface area contributed by atoms with E-state index in [4.69, 9.17) is 23.1 Å². The number of allylic oxidation sites excluding steroid dienone is 4. The summed E-state index contributed by atoms with van der Waals surface area (Å²) < 4.78 is 1.95. The molecule has 0 spiro atoms. The maximum Gasteiger partial charge on any atom is 0.296 e. The number of hydrogen-bond donors (Lipinski definition) is 2. The molecule has 0 saturated heterocycles. The highest BCUT2D eigenvalue weighted by molar-refractivity contribution is 6.49. The van der Waals surface area contributed by atoms with Gasteiger partial charge >= 0.3 is 0 Å². The van der Waals surface area contributed by atoms with E-state index in [1.807, 2.05) is 4.57 Å². The number of guanidine groups is 1. The summed E-state index contributed by atoms with van der Waals surface area (Å²) in [7, 11) is 0. The number of hydrogen-bond acceptors (Lipinski definition) is 1. The Morgan fingerprint density at radius 3 is 2.86 bits per heavy atom. The quantitative estimate of drug-likeness (QED) is 0.388. The van der Waals surface area contributed by atoms with E-state index in [2.05, 4.69) is 23.7 Å². The Balaban J connectivity index is 2.59. The van der Waals surface area contributed by atoms with Crippen LogP contribution >= 0.6 is 11.6 Å². The van der Waals surface area contributed by atoms with Crippen molar-refractivity contribution >= 4 is 28.5 Å². The summed E-state index contributed by atoms with van der Waals surface area (Å²) in [5.41, 5.74) is 12.9. The second kappa shape index (κ2) is 7.13. The molecule has 22 heavy (non-hydrogen) atoms. The monoisotopic (exact) mass is 318 g/mol. The van der Waals surface area contributed by atoms with Crippen molar-refractivity contribution in [1.29, 1.82) is 0 Å². The predicted molar refractivity (Wildman–Crippen MR) is 90.7 cm³/mol. The highest BCUT2D eigenvalue weighted by atomic mass is 35.5. The third-order valence-electron chi connectivity index (χ3n) is 3.41. The van der Waals surface area contributed by atoms with Gasteiger partial charge in [0, 0.05) is 29.3 Å². The van der Waals surface area contributed by atoms with Gasteiger partial charge in [-0.05, 0) is 25.0 Å². The summed E-state index contributed by atoms with van der Waals surface area (Å²) in [5.74, 6) is -0.708. The van der Waals surface area contributed by atoms with Gasteiger partial charge in [0.25, 0.3) is 5.91 Å². The first-order valence-electron chi connectivity index (χ1n) is 7.04. The standard InChI is InChI=1S/C16H19ClN4O/c1-2-7-12(17)11-10-14(15(22)20-16(18)19)21-9-6-4-3-5-8-13(11)21/h2-3,5,7,10H,1,4,6,8-9H2,(H4,18,19,20,22)/b5-3-,12-7+. The van der Waals surface area contributed by atoms with Crippen LogP contribution in [0.2, 0.25) is 0 Å². The molecule has 2 rings (SSSR count). The minimum Gasteiger partial charge on any atom is -0.370 e. The fourth-order valence-corrected chi connectivity index (χ4v) is 2.75. The van der Waals surface area contributed by atoms with Gasteiger partial charge in [-0.25, -0.2) is 0 Å². The minimum absolute atomic E-state index is 0.249. The molecular weight excluding hydrogens is 300 g/mol. The van der Waals surface area contributed by atoms with Gasteiger partial charge in [-0.15, -0.1) is 0 Å². The smallest absolute Gasteiger partial charge is 0.296 e. The third-order valence-corrected chi connectivity index (χ3v) is 3.74. The molecule has 0 bridgehead atoms. The predicted octanol–water partition coefficient (Wildman–Crippen LogP) is 2.56. The van der Waals surface area contributed by atoms with Crippen molar-refractivity contribution in [2.45, 2.75) is 25.8 Å². The van der Waals surface area contributed by atoms with Crippen molar-refractivity contribution in [3.8, 4) is 0 Å². The van der Waals surface area contributed by atoms with Gasteiger partial charge in [-0.1, -0.05) is 36.4 Å². The Kier molecular flexibility index (Phi) is 5.22. The number of nitrogens with two attached hydrogens (primary N) is 2. The average Bonchev–Trinajstić information content (AvgIpc) is 2.76. The number of halogens is 1. The summed E-state index contributed by atoms with van der Waals surface area (Å²) in [5, 5.41) is 0.538. The summed E-state index contributed by atoms with van der Waals surface area (Å²) in [6, 6.07) is 1.74. The third kappa shape index (κ3) is 3.49. The van der Waals surface area contributed by atoms with Gasteiger partial charge < -0.3 is 16.0 Å². The Morgan fingerprint density at radius 1 is 1.41 bits per heavy atom. The first kappa shape index (κ1) is 16.1. The molecule has 0 aliphatic carbocycles. The molecule has 0 radical (unpaired) electrons. The molecule has 1 amide bonds. The van der Waals surface area contributed by atoms with E-state index in [1.165, 1.54) is 0 Å². The van der Waals surface area contributed by atoms with Crippen molar-refractivity contribution in [2.24, 2.45) is 16.5 Å². The molecule has 1 aliphatic heterocycles. The van der Waals surface area contributed by atoms with E-state index >= 15 is 0 Å². The molecule has 1 aliphatic rings. The molecule has 0 aromatic carbocycles. The molecular formula is C16H19ClN4O. The van der Waals surface area contributed by atoms with Crippen molar-refractivity contribution in [3.05, 3.63) is 53.9 Å². The molecule has 4 N–H and O–H groups in total. The van der Waals surface area contributed by atoms with Crippen LogP contribution in [0.25, 0.3) is 5.03 Å². The van der Waals surface area contributed by atoms with Gasteiger partial charge in [0.15, 0.2) is 5.96 Å². The van der Waals surface area contributed by atoms with Crippen LogP contribution < -0.4 is 11.5 Å². The topological polar surface area (TPSA) is 86.4 Å². The van der Waals surface area contributed by atoms with Crippen LogP contribution in [0.3, 0.4) is 0 Å². The first-order chi connectivity index (χ1) is 10.5.